The Kier molecular flexibility index (Phi) is 5.12. The number of carbonyl (C=O) groups is 2. The normalized spacial score (nSPS) is 22.4. The summed E-state index contributed by atoms with van der Waals surface area (Å²) >= 11 is 3.40. The van der Waals surface area contributed by atoms with Gasteiger partial charge in [-0.3, -0.25) is 9.59 Å². The Balaban J connectivity index is 1.52. The second kappa shape index (κ2) is 7.54. The number of benzene rings is 1. The zero-order chi connectivity index (χ0) is 19.0. The quantitative estimate of drug-likeness (QED) is 0.724. The average Bonchev–Trinajstić information content (AvgIpc) is 3.45. The van der Waals surface area contributed by atoms with Gasteiger partial charge in [0, 0.05) is 34.8 Å². The fourth-order valence-electron chi connectivity index (χ4n) is 4.06. The van der Waals surface area contributed by atoms with Gasteiger partial charge in [-0.15, -0.1) is 5.10 Å². The van der Waals surface area contributed by atoms with E-state index in [0.717, 1.165) is 48.7 Å². The Bertz CT molecular complexity index is 857. The highest BCUT2D eigenvalue weighted by Crippen LogP contribution is 2.42. The van der Waals surface area contributed by atoms with Crippen LogP contribution in [0.15, 0.2) is 28.7 Å². The number of anilines is 1. The van der Waals surface area contributed by atoms with E-state index >= 15 is 0 Å². The third-order valence-electron chi connectivity index (χ3n) is 5.64. The number of Topliss-reactive ketones (excluding diaryl/α,β-unsaturated/α-hetero) is 1. The molecular formula is C20H23BrN4O2. The van der Waals surface area contributed by atoms with Gasteiger partial charge < -0.3 is 5.32 Å². The molecule has 2 unspecified atom stereocenters. The van der Waals surface area contributed by atoms with E-state index in [2.05, 4.69) is 31.6 Å². The summed E-state index contributed by atoms with van der Waals surface area (Å²) in [4.78, 5) is 26.1. The zero-order valence-electron chi connectivity index (χ0n) is 15.3. The molecule has 4 rings (SSSR count). The van der Waals surface area contributed by atoms with E-state index < -0.39 is 0 Å². The van der Waals surface area contributed by atoms with Gasteiger partial charge in [-0.2, -0.15) is 0 Å². The van der Waals surface area contributed by atoms with Crippen LogP contribution < -0.4 is 5.32 Å². The monoisotopic (exact) mass is 430 g/mol. The van der Waals surface area contributed by atoms with Crippen molar-refractivity contribution in [2.24, 2.45) is 18.9 Å². The van der Waals surface area contributed by atoms with Gasteiger partial charge in [0.2, 0.25) is 5.91 Å². The van der Waals surface area contributed by atoms with E-state index in [4.69, 9.17) is 0 Å². The molecular weight excluding hydrogens is 408 g/mol. The number of aryl methyl sites for hydroxylation is 1. The number of nitrogens with one attached hydrogen (secondary N) is 1. The molecule has 2 saturated carbocycles. The van der Waals surface area contributed by atoms with Gasteiger partial charge in [-0.1, -0.05) is 46.1 Å². The summed E-state index contributed by atoms with van der Waals surface area (Å²) in [6, 6.07) is 7.38. The number of nitrogens with zero attached hydrogens (tertiary/aromatic N) is 3. The third-order valence-corrected chi connectivity index (χ3v) is 6.17. The molecule has 2 atom stereocenters. The summed E-state index contributed by atoms with van der Waals surface area (Å²) in [5.41, 5.74) is 1.66. The molecule has 27 heavy (non-hydrogen) atoms. The molecule has 1 amide bonds. The van der Waals surface area contributed by atoms with E-state index in [-0.39, 0.29) is 23.5 Å². The first-order valence-corrected chi connectivity index (χ1v) is 10.3. The van der Waals surface area contributed by atoms with Gasteiger partial charge in [0.25, 0.3) is 0 Å². The SMILES string of the molecule is Cn1nnc(NC(=O)C2CCCCC2C(=O)c2ccc(Br)cc2)c1C1CC1. The molecule has 1 N–H and O–H groups in total. The minimum Gasteiger partial charge on any atom is -0.307 e. The van der Waals surface area contributed by atoms with Crippen LogP contribution in [0, 0.1) is 11.8 Å². The fraction of sp³-hybridized carbons (Fsp3) is 0.500. The molecule has 2 fully saturated rings. The van der Waals surface area contributed by atoms with Crippen molar-refractivity contribution in [2.75, 3.05) is 5.32 Å². The minimum absolute atomic E-state index is 0.0592. The molecule has 1 heterocycles. The van der Waals surface area contributed by atoms with Crippen LogP contribution in [-0.2, 0) is 11.8 Å². The lowest BCUT2D eigenvalue weighted by Crippen LogP contribution is -2.36. The van der Waals surface area contributed by atoms with Gasteiger partial charge in [0.15, 0.2) is 11.6 Å². The predicted molar refractivity (Wildman–Crippen MR) is 106 cm³/mol. The van der Waals surface area contributed by atoms with Crippen LogP contribution in [0.2, 0.25) is 0 Å². The van der Waals surface area contributed by atoms with Crippen molar-refractivity contribution >= 4 is 33.4 Å². The lowest BCUT2D eigenvalue weighted by Gasteiger charge is -2.29. The Hall–Kier alpha value is -2.02. The number of hydrogen-bond donors (Lipinski definition) is 1. The van der Waals surface area contributed by atoms with Crippen LogP contribution in [0.3, 0.4) is 0 Å². The molecule has 6 nitrogen and oxygen atoms in total. The lowest BCUT2D eigenvalue weighted by molar-refractivity contribution is -0.122. The first kappa shape index (κ1) is 18.3. The highest BCUT2D eigenvalue weighted by molar-refractivity contribution is 9.10. The molecule has 0 saturated heterocycles. The second-order valence-electron chi connectivity index (χ2n) is 7.58. The van der Waals surface area contributed by atoms with E-state index in [1.54, 1.807) is 4.68 Å². The number of halogens is 1. The van der Waals surface area contributed by atoms with Crippen LogP contribution in [0.5, 0.6) is 0 Å². The molecule has 0 bridgehead atoms. The number of amides is 1. The average molecular weight is 431 g/mol. The van der Waals surface area contributed by atoms with Crippen LogP contribution in [0.1, 0.15) is 60.5 Å². The number of hydrogen-bond acceptors (Lipinski definition) is 4. The molecule has 0 radical (unpaired) electrons. The number of carbonyl (C=O) groups excluding carboxylic acids is 2. The number of ketones is 1. The summed E-state index contributed by atoms with van der Waals surface area (Å²) in [7, 11) is 1.86. The Labute approximate surface area is 166 Å². The van der Waals surface area contributed by atoms with Gasteiger partial charge in [0.05, 0.1) is 5.69 Å². The van der Waals surface area contributed by atoms with E-state index in [1.165, 1.54) is 0 Å². The maximum absolute atomic E-state index is 13.0. The largest absolute Gasteiger partial charge is 0.307 e. The Morgan fingerprint density at radius 2 is 1.74 bits per heavy atom. The third kappa shape index (κ3) is 3.83. The van der Waals surface area contributed by atoms with E-state index in [1.807, 2.05) is 31.3 Å². The lowest BCUT2D eigenvalue weighted by atomic mass is 9.75. The zero-order valence-corrected chi connectivity index (χ0v) is 16.9. The maximum atomic E-state index is 13.0. The predicted octanol–water partition coefficient (Wildman–Crippen LogP) is 4.08. The van der Waals surface area contributed by atoms with Gasteiger partial charge >= 0.3 is 0 Å². The van der Waals surface area contributed by atoms with E-state index in [0.29, 0.717) is 17.3 Å². The number of rotatable bonds is 5. The van der Waals surface area contributed by atoms with Crippen LogP contribution in [-0.4, -0.2) is 26.7 Å². The van der Waals surface area contributed by atoms with Crippen molar-refractivity contribution in [1.82, 2.24) is 15.0 Å². The van der Waals surface area contributed by atoms with Crippen molar-refractivity contribution in [1.29, 1.82) is 0 Å². The van der Waals surface area contributed by atoms with Gasteiger partial charge in [-0.25, -0.2) is 4.68 Å². The molecule has 1 aromatic heterocycles. The van der Waals surface area contributed by atoms with Crippen LogP contribution >= 0.6 is 15.9 Å². The second-order valence-corrected chi connectivity index (χ2v) is 8.49. The standard InChI is InChI=1S/C20H23BrN4O2/c1-25-17(12-6-7-12)19(23-24-25)22-20(27)16-5-3-2-4-15(16)18(26)13-8-10-14(21)11-9-13/h8-12,15-16H,2-7H2,1H3,(H,22,27). The first-order chi connectivity index (χ1) is 13.0. The molecule has 1 aromatic carbocycles. The van der Waals surface area contributed by atoms with Crippen LogP contribution in [0.4, 0.5) is 5.82 Å². The minimum atomic E-state index is -0.316. The molecule has 0 aliphatic heterocycles. The van der Waals surface area contributed by atoms with E-state index in [9.17, 15) is 9.59 Å². The Morgan fingerprint density at radius 1 is 1.07 bits per heavy atom. The van der Waals surface area contributed by atoms with Crippen molar-refractivity contribution < 1.29 is 9.59 Å². The molecule has 2 aromatic rings. The van der Waals surface area contributed by atoms with Crippen molar-refractivity contribution in [3.63, 3.8) is 0 Å². The van der Waals surface area contributed by atoms with Crippen LogP contribution in [0.25, 0.3) is 0 Å². The van der Waals surface area contributed by atoms with Crippen molar-refractivity contribution in [2.45, 2.75) is 44.4 Å². The summed E-state index contributed by atoms with van der Waals surface area (Å²) in [5, 5.41) is 11.2. The Morgan fingerprint density at radius 3 is 2.41 bits per heavy atom. The topological polar surface area (TPSA) is 76.9 Å². The van der Waals surface area contributed by atoms with Gasteiger partial charge in [-0.05, 0) is 37.8 Å². The van der Waals surface area contributed by atoms with Crippen molar-refractivity contribution in [3.8, 4) is 0 Å². The first-order valence-electron chi connectivity index (χ1n) is 9.55. The molecule has 7 heteroatoms. The van der Waals surface area contributed by atoms with Crippen molar-refractivity contribution in [3.05, 3.63) is 40.0 Å². The summed E-state index contributed by atoms with van der Waals surface area (Å²) < 4.78 is 2.69. The highest BCUT2D eigenvalue weighted by atomic mass is 79.9. The van der Waals surface area contributed by atoms with Gasteiger partial charge in [0.1, 0.15) is 0 Å². The molecule has 2 aliphatic carbocycles. The molecule has 142 valence electrons. The summed E-state index contributed by atoms with van der Waals surface area (Å²) in [5.74, 6) is 0.360. The molecule has 0 spiro atoms. The summed E-state index contributed by atoms with van der Waals surface area (Å²) in [6.45, 7) is 0. The summed E-state index contributed by atoms with van der Waals surface area (Å²) in [6.07, 6.45) is 5.66. The highest BCUT2D eigenvalue weighted by Gasteiger charge is 2.37. The smallest absolute Gasteiger partial charge is 0.229 e. The molecule has 2 aliphatic rings. The fourth-order valence-corrected chi connectivity index (χ4v) is 4.33. The maximum Gasteiger partial charge on any atom is 0.229 e. The number of aromatic nitrogens is 3.